The van der Waals surface area contributed by atoms with E-state index in [0.29, 0.717) is 16.5 Å². The molecule has 0 aliphatic rings. The molecule has 140 valence electrons. The average Bonchev–Trinajstić information content (AvgIpc) is 3.10. The molecule has 3 rings (SSSR count). The van der Waals surface area contributed by atoms with Crippen LogP contribution in [0.5, 0.6) is 0 Å². The Morgan fingerprint density at radius 3 is 2.52 bits per heavy atom. The second-order valence-electron chi connectivity index (χ2n) is 5.99. The molecule has 2 atom stereocenters. The molecule has 0 saturated carbocycles. The van der Waals surface area contributed by atoms with Crippen LogP contribution < -0.4 is 5.32 Å². The molecule has 0 spiro atoms. The number of nitrogens with one attached hydrogen (secondary N) is 2. The summed E-state index contributed by atoms with van der Waals surface area (Å²) in [5, 5.41) is 9.50. The maximum atomic E-state index is 13.8. The van der Waals surface area contributed by atoms with Gasteiger partial charge in [-0.25, -0.2) is 13.8 Å². The van der Waals surface area contributed by atoms with Crippen LogP contribution in [0.3, 0.4) is 0 Å². The summed E-state index contributed by atoms with van der Waals surface area (Å²) in [4.78, 5) is 16.6. The maximum Gasteiger partial charge on any atom is 0.233 e. The first-order valence-corrected chi connectivity index (χ1v) is 9.22. The molecule has 0 bridgehead atoms. The van der Waals surface area contributed by atoms with Gasteiger partial charge in [0.1, 0.15) is 11.6 Å². The predicted molar refractivity (Wildman–Crippen MR) is 100 cm³/mol. The zero-order valence-electron chi connectivity index (χ0n) is 14.7. The van der Waals surface area contributed by atoms with Crippen LogP contribution in [0.2, 0.25) is 0 Å². The van der Waals surface area contributed by atoms with E-state index in [4.69, 9.17) is 0 Å². The Morgan fingerprint density at radius 1 is 1.11 bits per heavy atom. The Kier molecular flexibility index (Phi) is 5.85. The summed E-state index contributed by atoms with van der Waals surface area (Å²) in [5.41, 5.74) is 1.13. The van der Waals surface area contributed by atoms with E-state index in [2.05, 4.69) is 20.5 Å². The van der Waals surface area contributed by atoms with Crippen LogP contribution in [-0.2, 0) is 4.79 Å². The number of amides is 1. The van der Waals surface area contributed by atoms with E-state index in [0.717, 1.165) is 17.3 Å². The number of hydrogen-bond acceptors (Lipinski definition) is 4. The first kappa shape index (κ1) is 19.0. The van der Waals surface area contributed by atoms with Crippen molar-refractivity contribution in [2.45, 2.75) is 30.3 Å². The number of carbonyl (C=O) groups excluding carboxylic acids is 1. The highest BCUT2D eigenvalue weighted by Gasteiger charge is 2.20. The standard InChI is InChI=1S/C19H18F2N4OS/c1-11(13-7-9-14(20)10-8-13)22-18(26)12(2)27-19-23-17(24-25-19)15-5-3-4-6-16(15)21/h3-12H,1-2H3,(H,22,26)(H,23,24,25)/t11-,12+/m0/s1. The van der Waals surface area contributed by atoms with Gasteiger partial charge in [-0.2, -0.15) is 0 Å². The van der Waals surface area contributed by atoms with Crippen LogP contribution in [0.1, 0.15) is 25.5 Å². The number of halogens is 2. The number of thioether (sulfide) groups is 1. The summed E-state index contributed by atoms with van der Waals surface area (Å²) in [6, 6.07) is 12.0. The zero-order valence-corrected chi connectivity index (χ0v) is 15.6. The molecule has 8 heteroatoms. The smallest absolute Gasteiger partial charge is 0.233 e. The molecule has 3 aromatic rings. The number of aromatic amines is 1. The number of aromatic nitrogens is 3. The molecule has 0 unspecified atom stereocenters. The van der Waals surface area contributed by atoms with Crippen molar-refractivity contribution < 1.29 is 13.6 Å². The minimum atomic E-state index is -0.461. The normalized spacial score (nSPS) is 13.2. The van der Waals surface area contributed by atoms with Crippen molar-refractivity contribution in [2.75, 3.05) is 0 Å². The molecule has 1 aromatic heterocycles. The van der Waals surface area contributed by atoms with Crippen LogP contribution in [-0.4, -0.2) is 26.3 Å². The number of benzene rings is 2. The van der Waals surface area contributed by atoms with Crippen molar-refractivity contribution in [1.29, 1.82) is 0 Å². The second kappa shape index (κ2) is 8.30. The molecule has 0 aliphatic heterocycles. The monoisotopic (exact) mass is 388 g/mol. The molecule has 1 amide bonds. The summed E-state index contributed by atoms with van der Waals surface area (Å²) in [7, 11) is 0. The molecular formula is C19H18F2N4OS. The van der Waals surface area contributed by atoms with Gasteiger partial charge in [-0.3, -0.25) is 9.89 Å². The Labute approximate surface area is 159 Å². The van der Waals surface area contributed by atoms with E-state index in [1.807, 2.05) is 6.92 Å². The first-order chi connectivity index (χ1) is 12.9. The van der Waals surface area contributed by atoms with Crippen molar-refractivity contribution in [3.8, 4) is 11.4 Å². The fraction of sp³-hybridized carbons (Fsp3) is 0.211. The summed E-state index contributed by atoms with van der Waals surface area (Å²) in [6.45, 7) is 3.56. The fourth-order valence-corrected chi connectivity index (χ4v) is 3.18. The molecule has 0 aliphatic carbocycles. The first-order valence-electron chi connectivity index (χ1n) is 8.34. The lowest BCUT2D eigenvalue weighted by Crippen LogP contribution is -2.33. The van der Waals surface area contributed by atoms with Gasteiger partial charge in [-0.15, -0.1) is 5.10 Å². The van der Waals surface area contributed by atoms with Crippen molar-refractivity contribution in [1.82, 2.24) is 20.5 Å². The van der Waals surface area contributed by atoms with Gasteiger partial charge in [0.15, 0.2) is 5.82 Å². The molecule has 2 N–H and O–H groups in total. The minimum Gasteiger partial charge on any atom is -0.349 e. The number of nitrogens with zero attached hydrogens (tertiary/aromatic N) is 2. The molecular weight excluding hydrogens is 370 g/mol. The van der Waals surface area contributed by atoms with Gasteiger partial charge < -0.3 is 5.32 Å². The Morgan fingerprint density at radius 2 is 1.81 bits per heavy atom. The SMILES string of the molecule is C[C@H](NC(=O)[C@@H](C)Sc1n[nH]c(-c2ccccc2F)n1)c1ccc(F)cc1. The lowest BCUT2D eigenvalue weighted by atomic mass is 10.1. The van der Waals surface area contributed by atoms with Gasteiger partial charge >= 0.3 is 0 Å². The van der Waals surface area contributed by atoms with Crippen molar-refractivity contribution in [2.24, 2.45) is 0 Å². The van der Waals surface area contributed by atoms with Crippen molar-refractivity contribution in [3.63, 3.8) is 0 Å². The zero-order chi connectivity index (χ0) is 19.4. The summed E-state index contributed by atoms with van der Waals surface area (Å²) >= 11 is 1.16. The van der Waals surface area contributed by atoms with E-state index in [-0.39, 0.29) is 17.8 Å². The summed E-state index contributed by atoms with van der Waals surface area (Å²) in [5.74, 6) is -0.613. The third-order valence-corrected chi connectivity index (χ3v) is 4.94. The Hall–Kier alpha value is -2.74. The summed E-state index contributed by atoms with van der Waals surface area (Å²) in [6.07, 6.45) is 0. The molecule has 1 heterocycles. The lowest BCUT2D eigenvalue weighted by Gasteiger charge is -2.17. The van der Waals surface area contributed by atoms with Crippen LogP contribution in [0.4, 0.5) is 8.78 Å². The highest BCUT2D eigenvalue weighted by Crippen LogP contribution is 2.24. The molecule has 0 saturated heterocycles. The number of H-pyrrole nitrogens is 1. The van der Waals surface area contributed by atoms with E-state index < -0.39 is 11.1 Å². The van der Waals surface area contributed by atoms with Crippen LogP contribution in [0.15, 0.2) is 53.7 Å². The van der Waals surface area contributed by atoms with E-state index in [1.165, 1.54) is 18.2 Å². The van der Waals surface area contributed by atoms with Crippen molar-refractivity contribution in [3.05, 3.63) is 65.7 Å². The largest absolute Gasteiger partial charge is 0.349 e. The highest BCUT2D eigenvalue weighted by atomic mass is 32.2. The third kappa shape index (κ3) is 4.71. The quantitative estimate of drug-likeness (QED) is 0.624. The number of hydrogen-bond donors (Lipinski definition) is 2. The van der Waals surface area contributed by atoms with E-state index in [1.54, 1.807) is 37.3 Å². The highest BCUT2D eigenvalue weighted by molar-refractivity contribution is 8.00. The molecule has 5 nitrogen and oxygen atoms in total. The predicted octanol–water partition coefficient (Wildman–Crippen LogP) is 4.11. The average molecular weight is 388 g/mol. The number of rotatable bonds is 6. The molecule has 0 fully saturated rings. The second-order valence-corrected chi connectivity index (χ2v) is 7.30. The van der Waals surface area contributed by atoms with Crippen LogP contribution >= 0.6 is 11.8 Å². The third-order valence-electron chi connectivity index (χ3n) is 3.97. The van der Waals surface area contributed by atoms with Gasteiger partial charge in [-0.1, -0.05) is 36.0 Å². The van der Waals surface area contributed by atoms with Gasteiger partial charge in [0.05, 0.1) is 16.9 Å². The molecule has 27 heavy (non-hydrogen) atoms. The van der Waals surface area contributed by atoms with Gasteiger partial charge in [-0.05, 0) is 43.7 Å². The van der Waals surface area contributed by atoms with Gasteiger partial charge in [0, 0.05) is 0 Å². The number of carbonyl (C=O) groups is 1. The van der Waals surface area contributed by atoms with Gasteiger partial charge in [0.25, 0.3) is 0 Å². The Balaban J connectivity index is 1.61. The van der Waals surface area contributed by atoms with E-state index in [9.17, 15) is 13.6 Å². The van der Waals surface area contributed by atoms with E-state index >= 15 is 0 Å². The fourth-order valence-electron chi connectivity index (χ4n) is 2.45. The summed E-state index contributed by atoms with van der Waals surface area (Å²) < 4.78 is 26.8. The topological polar surface area (TPSA) is 70.7 Å². The van der Waals surface area contributed by atoms with Crippen LogP contribution in [0.25, 0.3) is 11.4 Å². The Bertz CT molecular complexity index is 929. The van der Waals surface area contributed by atoms with Gasteiger partial charge in [0.2, 0.25) is 11.1 Å². The minimum absolute atomic E-state index is 0.200. The lowest BCUT2D eigenvalue weighted by molar-refractivity contribution is -0.120. The van der Waals surface area contributed by atoms with Crippen molar-refractivity contribution >= 4 is 17.7 Å². The molecule has 2 aromatic carbocycles. The van der Waals surface area contributed by atoms with Crippen LogP contribution in [0, 0.1) is 11.6 Å². The molecule has 0 radical (unpaired) electrons. The maximum absolute atomic E-state index is 13.8.